The van der Waals surface area contributed by atoms with E-state index in [4.69, 9.17) is 9.76 Å². The van der Waals surface area contributed by atoms with Gasteiger partial charge in [-0.3, -0.25) is 0 Å². The first-order chi connectivity index (χ1) is 9.65. The Kier molecular flexibility index (Phi) is 3.37. The molecule has 3 rings (SSSR count). The quantitative estimate of drug-likeness (QED) is 0.711. The average Bonchev–Trinajstić information content (AvgIpc) is 2.91. The normalized spacial score (nSPS) is 17.4. The molecule has 1 aromatic carbocycles. The number of benzene rings is 1. The number of carboxylic acid groups (broad SMARTS) is 1. The number of hydrogen-bond acceptors (Lipinski definition) is 6. The van der Waals surface area contributed by atoms with Crippen molar-refractivity contribution in [3.63, 3.8) is 0 Å². The van der Waals surface area contributed by atoms with Crippen LogP contribution >= 0.6 is 11.8 Å². The summed E-state index contributed by atoms with van der Waals surface area (Å²) in [4.78, 5) is 14.0. The maximum atomic E-state index is 11.1. The lowest BCUT2D eigenvalue weighted by molar-refractivity contribution is 0.0694. The second-order valence-electron chi connectivity index (χ2n) is 4.26. The highest BCUT2D eigenvalue weighted by atomic mass is 32.2. The number of thioether (sulfide) groups is 1. The van der Waals surface area contributed by atoms with Crippen LogP contribution in [0.25, 0.3) is 0 Å². The molecule has 0 spiro atoms. The Morgan fingerprint density at radius 2 is 2.40 bits per heavy atom. The molecule has 1 aromatic heterocycles. The molecule has 0 saturated carbocycles. The molecule has 0 bridgehead atoms. The Balaban J connectivity index is 1.87. The third-order valence-electron chi connectivity index (χ3n) is 2.96. The number of carboxylic acids is 1. The second-order valence-corrected chi connectivity index (χ2v) is 5.49. The van der Waals surface area contributed by atoms with Gasteiger partial charge in [-0.1, -0.05) is 23.9 Å². The van der Waals surface area contributed by atoms with Crippen molar-refractivity contribution < 1.29 is 19.6 Å². The van der Waals surface area contributed by atoms with Crippen LogP contribution in [-0.2, 0) is 6.42 Å². The van der Waals surface area contributed by atoms with Gasteiger partial charge in [0.15, 0.2) is 5.16 Å². The minimum atomic E-state index is -1.10. The van der Waals surface area contributed by atoms with Crippen LogP contribution in [0.15, 0.2) is 29.7 Å². The van der Waals surface area contributed by atoms with E-state index in [1.807, 2.05) is 0 Å². The summed E-state index contributed by atoms with van der Waals surface area (Å²) in [5.41, 5.74) is 0.817. The van der Waals surface area contributed by atoms with E-state index < -0.39 is 13.1 Å². The van der Waals surface area contributed by atoms with E-state index in [0.29, 0.717) is 11.6 Å². The largest absolute Gasteiger partial charge is 0.537 e. The van der Waals surface area contributed by atoms with E-state index in [-0.39, 0.29) is 16.5 Å². The summed E-state index contributed by atoms with van der Waals surface area (Å²) in [6, 6.07) is 4.92. The summed E-state index contributed by atoms with van der Waals surface area (Å²) in [6.45, 7) is 0. The minimum Gasteiger partial charge on any atom is -0.535 e. The lowest BCUT2D eigenvalue weighted by atomic mass is 9.77. The zero-order valence-electron chi connectivity index (χ0n) is 10.2. The van der Waals surface area contributed by atoms with Crippen molar-refractivity contribution in [3.8, 4) is 5.75 Å². The first-order valence-corrected chi connectivity index (χ1v) is 6.75. The van der Waals surface area contributed by atoms with E-state index in [2.05, 4.69) is 15.2 Å². The van der Waals surface area contributed by atoms with E-state index in [1.54, 1.807) is 12.1 Å². The zero-order chi connectivity index (χ0) is 14.1. The van der Waals surface area contributed by atoms with Crippen LogP contribution in [0.4, 0.5) is 0 Å². The van der Waals surface area contributed by atoms with Gasteiger partial charge in [0.1, 0.15) is 12.1 Å². The average molecular weight is 291 g/mol. The van der Waals surface area contributed by atoms with Crippen LogP contribution < -0.4 is 4.65 Å². The molecule has 0 radical (unpaired) electrons. The van der Waals surface area contributed by atoms with Crippen LogP contribution in [0.3, 0.4) is 0 Å². The van der Waals surface area contributed by atoms with Crippen molar-refractivity contribution >= 4 is 24.8 Å². The Hall–Kier alpha value is -2.00. The van der Waals surface area contributed by atoms with E-state index in [0.717, 1.165) is 5.56 Å². The van der Waals surface area contributed by atoms with Gasteiger partial charge in [0.2, 0.25) is 0 Å². The lowest BCUT2D eigenvalue weighted by Crippen LogP contribution is -2.40. The topological polar surface area (TPSA) is 108 Å². The van der Waals surface area contributed by atoms with Gasteiger partial charge in [0, 0.05) is 0 Å². The number of aromatic amines is 1. The zero-order valence-corrected chi connectivity index (χ0v) is 11.0. The number of H-pyrrole nitrogens is 1. The van der Waals surface area contributed by atoms with Gasteiger partial charge in [0.25, 0.3) is 0 Å². The number of fused-ring (bicyclic) bond motifs is 1. The molecule has 0 saturated heterocycles. The molecule has 0 unspecified atom stereocenters. The summed E-state index contributed by atoms with van der Waals surface area (Å²) in [6.07, 6.45) is 1.94. The fourth-order valence-corrected chi connectivity index (χ4v) is 3.00. The van der Waals surface area contributed by atoms with Crippen LogP contribution in [0, 0.1) is 0 Å². The van der Waals surface area contributed by atoms with Gasteiger partial charge in [-0.25, -0.2) is 4.79 Å². The monoisotopic (exact) mass is 291 g/mol. The molecule has 1 atom stereocenters. The third-order valence-corrected chi connectivity index (χ3v) is 4.09. The number of aromatic nitrogens is 3. The second kappa shape index (κ2) is 5.18. The van der Waals surface area contributed by atoms with Crippen molar-refractivity contribution in [2.45, 2.75) is 16.7 Å². The standard InChI is InChI=1S/C11H10BN3O4S/c16-10(17)7-3-1-2-6-4-8(12(18)19-9(6)7)20-11-13-5-14-15-11/h1-3,5,8,18H,4H2,(H,16,17)(H,13,14,15)/t8-/m0/s1. The minimum absolute atomic E-state index is 0.0599. The van der Waals surface area contributed by atoms with Crippen molar-refractivity contribution in [1.82, 2.24) is 15.2 Å². The Labute approximate surface area is 118 Å². The summed E-state index contributed by atoms with van der Waals surface area (Å²) in [5, 5.41) is 26.9. The number of aromatic carboxylic acids is 1. The first kappa shape index (κ1) is 13.0. The van der Waals surface area contributed by atoms with Gasteiger partial charge in [-0.2, -0.15) is 0 Å². The summed E-state index contributed by atoms with van der Waals surface area (Å²) >= 11 is 1.31. The number of rotatable bonds is 3. The molecule has 102 valence electrons. The smallest absolute Gasteiger partial charge is 0.535 e. The summed E-state index contributed by atoms with van der Waals surface area (Å²) < 4.78 is 5.38. The van der Waals surface area contributed by atoms with E-state index in [1.165, 1.54) is 24.2 Å². The molecule has 20 heavy (non-hydrogen) atoms. The molecule has 2 aromatic rings. The molecule has 0 amide bonds. The van der Waals surface area contributed by atoms with Crippen molar-refractivity contribution in [2.24, 2.45) is 0 Å². The molecule has 1 aliphatic heterocycles. The SMILES string of the molecule is O=C(O)c1cccc2c1OB(O)[C@@H](Sc1nnc[nH]1)C2. The van der Waals surface area contributed by atoms with Crippen molar-refractivity contribution in [1.29, 1.82) is 0 Å². The Bertz CT molecular complexity index is 637. The van der Waals surface area contributed by atoms with Gasteiger partial charge in [-0.15, -0.1) is 10.2 Å². The molecule has 1 aliphatic rings. The number of carbonyl (C=O) groups is 1. The molecule has 9 heteroatoms. The molecule has 2 heterocycles. The van der Waals surface area contributed by atoms with Crippen molar-refractivity contribution in [3.05, 3.63) is 35.7 Å². The molecule has 3 N–H and O–H groups in total. The molecule has 0 fully saturated rings. The predicted octanol–water partition coefficient (Wildman–Crippen LogP) is 0.618. The Morgan fingerprint density at radius 3 is 3.10 bits per heavy atom. The van der Waals surface area contributed by atoms with Gasteiger partial charge in [-0.05, 0) is 18.1 Å². The number of nitrogens with zero attached hydrogens (tertiary/aromatic N) is 2. The number of nitrogens with one attached hydrogen (secondary N) is 1. The maximum absolute atomic E-state index is 11.1. The molecule has 0 aliphatic carbocycles. The molecular formula is C11H10BN3O4S. The maximum Gasteiger partial charge on any atom is 0.537 e. The Morgan fingerprint density at radius 1 is 1.55 bits per heavy atom. The highest BCUT2D eigenvalue weighted by Crippen LogP contribution is 2.35. The van der Waals surface area contributed by atoms with Crippen LogP contribution in [0.2, 0.25) is 0 Å². The van der Waals surface area contributed by atoms with Crippen molar-refractivity contribution in [2.75, 3.05) is 0 Å². The highest BCUT2D eigenvalue weighted by Gasteiger charge is 2.37. The van der Waals surface area contributed by atoms with E-state index in [9.17, 15) is 9.82 Å². The molecular weight excluding hydrogens is 281 g/mol. The summed E-state index contributed by atoms with van der Waals surface area (Å²) in [7, 11) is -1.10. The van der Waals surface area contributed by atoms with Crippen LogP contribution in [0.5, 0.6) is 5.75 Å². The fraction of sp³-hybridized carbons (Fsp3) is 0.182. The highest BCUT2D eigenvalue weighted by molar-refractivity contribution is 8.01. The summed E-state index contributed by atoms with van der Waals surface area (Å²) in [5.74, 6) is -0.836. The van der Waals surface area contributed by atoms with E-state index >= 15 is 0 Å². The van der Waals surface area contributed by atoms with Gasteiger partial charge in [0.05, 0.1) is 10.7 Å². The predicted molar refractivity (Wildman–Crippen MR) is 71.7 cm³/mol. The first-order valence-electron chi connectivity index (χ1n) is 5.88. The third kappa shape index (κ3) is 2.37. The van der Waals surface area contributed by atoms with Gasteiger partial charge >= 0.3 is 13.1 Å². The number of para-hydroxylation sites is 1. The van der Waals surface area contributed by atoms with Crippen LogP contribution in [0.1, 0.15) is 15.9 Å². The fourth-order valence-electron chi connectivity index (χ4n) is 2.06. The lowest BCUT2D eigenvalue weighted by Gasteiger charge is -2.27. The van der Waals surface area contributed by atoms with Crippen LogP contribution in [-0.4, -0.2) is 43.5 Å². The van der Waals surface area contributed by atoms with Gasteiger partial charge < -0.3 is 19.8 Å². The number of hydrogen-bond donors (Lipinski definition) is 3. The molecule has 7 nitrogen and oxygen atoms in total.